The van der Waals surface area contributed by atoms with Crippen LogP contribution in [0.4, 0.5) is 11.4 Å². The third-order valence-corrected chi connectivity index (χ3v) is 5.82. The maximum Gasteiger partial charge on any atom is 0.149 e. The number of rotatable bonds is 5. The molecule has 2 aromatic heterocycles. The van der Waals surface area contributed by atoms with Crippen molar-refractivity contribution in [3.05, 3.63) is 43.0 Å². The van der Waals surface area contributed by atoms with Crippen molar-refractivity contribution in [3.63, 3.8) is 0 Å². The largest absolute Gasteiger partial charge is 0.488 e. The Morgan fingerprint density at radius 1 is 0.967 bits per heavy atom. The number of anilines is 2. The van der Waals surface area contributed by atoms with Gasteiger partial charge in [-0.15, -0.1) is 0 Å². The number of morpholine rings is 1. The highest BCUT2D eigenvalue weighted by Gasteiger charge is 2.24. The van der Waals surface area contributed by atoms with E-state index in [1.54, 1.807) is 24.8 Å². The molecule has 8 nitrogen and oxygen atoms in total. The van der Waals surface area contributed by atoms with Gasteiger partial charge >= 0.3 is 0 Å². The van der Waals surface area contributed by atoms with Gasteiger partial charge in [0.15, 0.2) is 0 Å². The molecule has 1 saturated heterocycles. The van der Waals surface area contributed by atoms with E-state index in [4.69, 9.17) is 9.47 Å². The summed E-state index contributed by atoms with van der Waals surface area (Å²) < 4.78 is 12.0. The minimum absolute atomic E-state index is 0.184. The molecule has 8 heteroatoms. The zero-order valence-electron chi connectivity index (χ0n) is 16.9. The summed E-state index contributed by atoms with van der Waals surface area (Å²) in [6.07, 6.45) is 11.2. The predicted molar refractivity (Wildman–Crippen MR) is 115 cm³/mol. The maximum atomic E-state index is 6.49. The highest BCUT2D eigenvalue weighted by atomic mass is 16.5. The highest BCUT2D eigenvalue weighted by Crippen LogP contribution is 2.33. The fourth-order valence-electron chi connectivity index (χ4n) is 4.24. The molecule has 3 aromatic rings. The minimum Gasteiger partial charge on any atom is -0.488 e. The normalized spacial score (nSPS) is 22.1. The third kappa shape index (κ3) is 4.28. The molecule has 5 rings (SSSR count). The molecule has 0 atom stereocenters. The molecule has 1 aliphatic carbocycles. The van der Waals surface area contributed by atoms with Gasteiger partial charge in [0.25, 0.3) is 0 Å². The summed E-state index contributed by atoms with van der Waals surface area (Å²) in [4.78, 5) is 11.4. The highest BCUT2D eigenvalue weighted by molar-refractivity contribution is 5.85. The number of hydrogen-bond donors (Lipinski definition) is 1. The molecule has 0 radical (unpaired) electrons. The molecule has 1 saturated carbocycles. The molecule has 0 spiro atoms. The molecule has 0 unspecified atom stereocenters. The number of ether oxygens (including phenoxy) is 2. The van der Waals surface area contributed by atoms with Crippen molar-refractivity contribution in [3.8, 4) is 5.75 Å². The lowest BCUT2D eigenvalue weighted by Crippen LogP contribution is -2.36. The van der Waals surface area contributed by atoms with E-state index < -0.39 is 0 Å². The molecule has 1 N–H and O–H groups in total. The summed E-state index contributed by atoms with van der Waals surface area (Å²) in [7, 11) is 0. The van der Waals surface area contributed by atoms with Crippen molar-refractivity contribution >= 4 is 22.4 Å². The first-order valence-corrected chi connectivity index (χ1v) is 10.6. The molecule has 1 aromatic carbocycles. The first kappa shape index (κ1) is 19.0. The summed E-state index contributed by atoms with van der Waals surface area (Å²) in [5.74, 6) is 0.830. The number of nitrogens with one attached hydrogen (secondary N) is 1. The van der Waals surface area contributed by atoms with Crippen molar-refractivity contribution in [2.45, 2.75) is 37.8 Å². The summed E-state index contributed by atoms with van der Waals surface area (Å²) in [6, 6.07) is 6.61. The van der Waals surface area contributed by atoms with Gasteiger partial charge in [-0.25, -0.2) is 4.98 Å². The van der Waals surface area contributed by atoms with Gasteiger partial charge in [0.1, 0.15) is 11.3 Å². The number of fused-ring (bicyclic) bond motifs is 1. The van der Waals surface area contributed by atoms with Crippen molar-refractivity contribution in [1.29, 1.82) is 0 Å². The topological polar surface area (TPSA) is 85.3 Å². The van der Waals surface area contributed by atoms with Gasteiger partial charge in [0, 0.05) is 43.3 Å². The van der Waals surface area contributed by atoms with Gasteiger partial charge in [0.05, 0.1) is 42.9 Å². The fourth-order valence-corrected chi connectivity index (χ4v) is 4.24. The third-order valence-electron chi connectivity index (χ3n) is 5.82. The monoisotopic (exact) mass is 406 g/mol. The Kier molecular flexibility index (Phi) is 5.56. The first-order chi connectivity index (χ1) is 14.8. The Morgan fingerprint density at radius 3 is 2.60 bits per heavy atom. The maximum absolute atomic E-state index is 6.49. The molecule has 2 aliphatic rings. The Morgan fingerprint density at radius 2 is 1.80 bits per heavy atom. The van der Waals surface area contributed by atoms with Gasteiger partial charge in [-0.3, -0.25) is 4.98 Å². The van der Waals surface area contributed by atoms with E-state index in [9.17, 15) is 0 Å². The number of hydrogen-bond acceptors (Lipinski definition) is 8. The quantitative estimate of drug-likeness (QED) is 0.692. The molecular formula is C22H26N6O2. The van der Waals surface area contributed by atoms with Gasteiger partial charge in [-0.05, 0) is 37.8 Å². The summed E-state index contributed by atoms with van der Waals surface area (Å²) >= 11 is 0. The Balaban J connectivity index is 1.29. The van der Waals surface area contributed by atoms with E-state index in [0.29, 0.717) is 6.04 Å². The van der Waals surface area contributed by atoms with Crippen LogP contribution in [-0.2, 0) is 4.74 Å². The van der Waals surface area contributed by atoms with Crippen molar-refractivity contribution in [2.24, 2.45) is 0 Å². The van der Waals surface area contributed by atoms with Crippen LogP contribution in [0.15, 0.2) is 43.0 Å². The molecular weight excluding hydrogens is 380 g/mol. The van der Waals surface area contributed by atoms with E-state index in [0.717, 1.165) is 80.1 Å². The van der Waals surface area contributed by atoms with Gasteiger partial charge in [0.2, 0.25) is 0 Å². The summed E-state index contributed by atoms with van der Waals surface area (Å²) in [5.41, 5.74) is 3.85. The SMILES string of the molecule is c1cc(N[C@H]2CC[C@@H](Oc3cc(N4CCOCC4)cc4nccnc34)CC2)cnn1. The first-order valence-electron chi connectivity index (χ1n) is 10.6. The van der Waals surface area contributed by atoms with Crippen LogP contribution in [0.3, 0.4) is 0 Å². The molecule has 30 heavy (non-hydrogen) atoms. The van der Waals surface area contributed by atoms with Crippen LogP contribution in [0.2, 0.25) is 0 Å². The van der Waals surface area contributed by atoms with Crippen molar-refractivity contribution < 1.29 is 9.47 Å². The molecule has 3 heterocycles. The van der Waals surface area contributed by atoms with Gasteiger partial charge in [-0.2, -0.15) is 10.2 Å². The van der Waals surface area contributed by atoms with E-state index in [2.05, 4.69) is 42.5 Å². The van der Waals surface area contributed by atoms with Crippen LogP contribution in [0.5, 0.6) is 5.75 Å². The van der Waals surface area contributed by atoms with E-state index in [1.165, 1.54) is 0 Å². The lowest BCUT2D eigenvalue weighted by Gasteiger charge is -2.31. The molecule has 2 fully saturated rings. The zero-order valence-corrected chi connectivity index (χ0v) is 16.9. The van der Waals surface area contributed by atoms with Crippen LogP contribution in [0.25, 0.3) is 11.0 Å². The van der Waals surface area contributed by atoms with E-state index in [1.807, 2.05) is 6.07 Å². The summed E-state index contributed by atoms with van der Waals surface area (Å²) in [5, 5.41) is 11.3. The summed E-state index contributed by atoms with van der Waals surface area (Å²) in [6.45, 7) is 3.26. The second-order valence-corrected chi connectivity index (χ2v) is 7.83. The van der Waals surface area contributed by atoms with Crippen LogP contribution < -0.4 is 15.0 Å². The second-order valence-electron chi connectivity index (χ2n) is 7.83. The Labute approximate surface area is 175 Å². The van der Waals surface area contributed by atoms with Crippen LogP contribution in [0, 0.1) is 0 Å². The van der Waals surface area contributed by atoms with Gasteiger partial charge in [-0.1, -0.05) is 0 Å². The number of benzene rings is 1. The standard InChI is InChI=1S/C22H26N6O2/c1-3-19(4-2-16(1)27-17-5-6-25-26-15-17)30-21-14-18(28-9-11-29-12-10-28)13-20-22(21)24-8-7-23-20/h5-8,13-16,19H,1-4,9-12H2,(H,25,27)/t16-,19+. The second kappa shape index (κ2) is 8.79. The average molecular weight is 406 g/mol. The van der Waals surface area contributed by atoms with Crippen molar-refractivity contribution in [2.75, 3.05) is 36.5 Å². The lowest BCUT2D eigenvalue weighted by atomic mass is 9.92. The van der Waals surface area contributed by atoms with Crippen LogP contribution in [-0.4, -0.2) is 58.6 Å². The van der Waals surface area contributed by atoms with Gasteiger partial charge < -0.3 is 19.7 Å². The Hall–Kier alpha value is -3.00. The molecule has 156 valence electrons. The molecule has 1 aliphatic heterocycles. The van der Waals surface area contributed by atoms with E-state index in [-0.39, 0.29) is 6.10 Å². The van der Waals surface area contributed by atoms with Crippen LogP contribution >= 0.6 is 0 Å². The Bertz CT molecular complexity index is 972. The smallest absolute Gasteiger partial charge is 0.149 e. The fraction of sp³-hybridized carbons (Fsp3) is 0.455. The number of aromatic nitrogens is 4. The number of nitrogens with zero attached hydrogens (tertiary/aromatic N) is 5. The molecule has 0 bridgehead atoms. The average Bonchev–Trinajstić information content (AvgIpc) is 2.81. The van der Waals surface area contributed by atoms with E-state index >= 15 is 0 Å². The predicted octanol–water partition coefficient (Wildman–Crippen LogP) is 3.06. The molecule has 0 amide bonds. The lowest BCUT2D eigenvalue weighted by molar-refractivity contribution is 0.122. The van der Waals surface area contributed by atoms with Crippen molar-refractivity contribution in [1.82, 2.24) is 20.2 Å². The van der Waals surface area contributed by atoms with Crippen LogP contribution in [0.1, 0.15) is 25.7 Å². The zero-order chi connectivity index (χ0) is 20.2. The minimum atomic E-state index is 0.184.